The Morgan fingerprint density at radius 1 is 0.467 bits per heavy atom. The minimum absolute atomic E-state index is 0.205. The van der Waals surface area contributed by atoms with Crippen LogP contribution in [0.2, 0.25) is 0 Å². The van der Waals surface area contributed by atoms with Gasteiger partial charge in [-0.25, -0.2) is 16.8 Å². The Labute approximate surface area is 274 Å². The molecule has 0 aliphatic rings. The van der Waals surface area contributed by atoms with Crippen LogP contribution in [0.15, 0.2) is 58.3 Å². The first kappa shape index (κ1) is 38.9. The van der Waals surface area contributed by atoms with Crippen LogP contribution in [0, 0.1) is 0 Å². The van der Waals surface area contributed by atoms with Crippen LogP contribution in [0.5, 0.6) is 0 Å². The summed E-state index contributed by atoms with van der Waals surface area (Å²) in [6.45, 7) is 4.47. The van der Waals surface area contributed by atoms with Gasteiger partial charge in [-0.3, -0.25) is 0 Å². The van der Waals surface area contributed by atoms with Crippen LogP contribution in [-0.2, 0) is 32.5 Å². The lowest BCUT2D eigenvalue weighted by Gasteiger charge is -2.06. The van der Waals surface area contributed by atoms with E-state index in [0.717, 1.165) is 49.7 Å². The third-order valence-electron chi connectivity index (χ3n) is 8.65. The maximum absolute atomic E-state index is 13.3. The molecule has 0 saturated carbocycles. The molecular weight excluding hydrogens is 601 g/mol. The van der Waals surface area contributed by atoms with Crippen molar-refractivity contribution in [2.24, 2.45) is 0 Å². The van der Waals surface area contributed by atoms with E-state index in [1.807, 2.05) is 0 Å². The number of benzene rings is 2. The normalized spacial score (nSPS) is 11.9. The van der Waals surface area contributed by atoms with Gasteiger partial charge < -0.3 is 5.53 Å². The highest BCUT2D eigenvalue weighted by atomic mass is 32.3. The lowest BCUT2D eigenvalue weighted by atomic mass is 10.0. The monoisotopic (exact) mass is 658 g/mol. The van der Waals surface area contributed by atoms with E-state index in [9.17, 15) is 22.4 Å². The molecule has 0 atom stereocenters. The van der Waals surface area contributed by atoms with E-state index in [0.29, 0.717) is 0 Å². The third kappa shape index (κ3) is 14.4. The first-order chi connectivity index (χ1) is 21.8. The summed E-state index contributed by atoms with van der Waals surface area (Å²) in [5, 5.41) is 0. The zero-order valence-corrected chi connectivity index (χ0v) is 29.7. The molecule has 45 heavy (non-hydrogen) atoms. The van der Waals surface area contributed by atoms with Crippen molar-refractivity contribution in [3.8, 4) is 0 Å². The van der Waals surface area contributed by atoms with Crippen molar-refractivity contribution in [2.75, 3.05) is 0 Å². The Balaban J connectivity index is 1.83. The Hall–Kier alpha value is -2.28. The summed E-state index contributed by atoms with van der Waals surface area (Å²) in [4.78, 5) is 2.37. The SMILES string of the molecule is CCCCCCCCCCCCc1ccc(S(=O)(=O)C(=[N+]=[N-])S(=O)(=O)c2ccc(CCCCCCCCCCCC)cc2)cc1. The Morgan fingerprint density at radius 3 is 1.00 bits per heavy atom. The lowest BCUT2D eigenvalue weighted by molar-refractivity contribution is 0.00380. The van der Waals surface area contributed by atoms with Crippen LogP contribution in [-0.4, -0.2) is 26.0 Å². The van der Waals surface area contributed by atoms with E-state index in [2.05, 4.69) is 18.6 Å². The number of sulfone groups is 2. The van der Waals surface area contributed by atoms with Crippen molar-refractivity contribution >= 4 is 24.1 Å². The largest absolute Gasteiger partial charge is 0.504 e. The summed E-state index contributed by atoms with van der Waals surface area (Å²) in [6, 6.07) is 12.5. The van der Waals surface area contributed by atoms with E-state index >= 15 is 0 Å². The molecule has 0 heterocycles. The molecule has 0 saturated heterocycles. The molecule has 0 aliphatic heterocycles. The summed E-state index contributed by atoms with van der Waals surface area (Å²) >= 11 is 0. The number of unbranched alkanes of at least 4 members (excludes halogenated alkanes) is 18. The summed E-state index contributed by atoms with van der Waals surface area (Å²) in [5.74, 6) is 0. The van der Waals surface area contributed by atoms with Crippen molar-refractivity contribution in [3.05, 3.63) is 65.2 Å². The van der Waals surface area contributed by atoms with Crippen LogP contribution in [0.4, 0.5) is 0 Å². The van der Waals surface area contributed by atoms with Gasteiger partial charge >= 0.3 is 4.38 Å². The van der Waals surface area contributed by atoms with E-state index in [-0.39, 0.29) is 9.79 Å². The number of aryl methyl sites for hydroxylation is 2. The molecule has 252 valence electrons. The first-order valence-corrected chi connectivity index (χ1v) is 20.6. The molecule has 2 rings (SSSR count). The van der Waals surface area contributed by atoms with Gasteiger partial charge in [-0.1, -0.05) is 154 Å². The van der Waals surface area contributed by atoms with Crippen LogP contribution in [0.3, 0.4) is 0 Å². The number of rotatable bonds is 24. The second-order valence-corrected chi connectivity index (χ2v) is 16.5. The average Bonchev–Trinajstić information content (AvgIpc) is 3.03. The summed E-state index contributed by atoms with van der Waals surface area (Å²) in [7, 11) is -9.10. The number of hydrogen-bond donors (Lipinski definition) is 0. The fourth-order valence-electron chi connectivity index (χ4n) is 5.76. The average molecular weight is 659 g/mol. The lowest BCUT2D eigenvalue weighted by Crippen LogP contribution is -2.26. The van der Waals surface area contributed by atoms with Crippen molar-refractivity contribution in [3.63, 3.8) is 0 Å². The van der Waals surface area contributed by atoms with Gasteiger partial charge in [0, 0.05) is 0 Å². The fourth-order valence-corrected chi connectivity index (χ4v) is 9.10. The van der Waals surface area contributed by atoms with Gasteiger partial charge in [-0.15, -0.1) is 4.79 Å². The molecular formula is C37H58N2O4S2. The maximum atomic E-state index is 13.3. The molecule has 0 unspecified atom stereocenters. The maximum Gasteiger partial charge on any atom is 0.504 e. The summed E-state index contributed by atoms with van der Waals surface area (Å²) < 4.78 is 51.8. The molecule has 0 aliphatic carbocycles. The number of hydrogen-bond acceptors (Lipinski definition) is 4. The van der Waals surface area contributed by atoms with Crippen LogP contribution in [0.25, 0.3) is 5.53 Å². The van der Waals surface area contributed by atoms with E-state index < -0.39 is 24.1 Å². The zero-order chi connectivity index (χ0) is 32.8. The predicted octanol–water partition coefficient (Wildman–Crippen LogP) is 10.4. The molecule has 0 N–H and O–H groups in total. The highest BCUT2D eigenvalue weighted by Gasteiger charge is 2.43. The minimum Gasteiger partial charge on any atom is -0.359 e. The van der Waals surface area contributed by atoms with Gasteiger partial charge in [-0.2, -0.15) is 0 Å². The highest BCUT2D eigenvalue weighted by molar-refractivity contribution is 8.31. The molecule has 6 nitrogen and oxygen atoms in total. The second-order valence-electron chi connectivity index (χ2n) is 12.5. The summed E-state index contributed by atoms with van der Waals surface area (Å²) in [6.07, 6.45) is 26.7. The molecule has 2 aromatic rings. The molecule has 0 fully saturated rings. The van der Waals surface area contributed by atoms with Crippen molar-refractivity contribution in [1.82, 2.24) is 0 Å². The van der Waals surface area contributed by atoms with Crippen molar-refractivity contribution in [2.45, 2.75) is 165 Å². The molecule has 0 bridgehead atoms. The molecule has 2 aromatic carbocycles. The highest BCUT2D eigenvalue weighted by Crippen LogP contribution is 2.23. The van der Waals surface area contributed by atoms with Gasteiger partial charge in [0.2, 0.25) is 0 Å². The number of nitrogens with zero attached hydrogens (tertiary/aromatic N) is 2. The summed E-state index contributed by atoms with van der Waals surface area (Å²) in [5.41, 5.74) is 11.6. The standard InChI is InChI=1S/C37H58N2O4S2/c1-3-5-7-9-11-13-15-17-19-21-23-33-25-29-35(30-26-33)44(40,41)37(39-38)45(42,43)36-31-27-34(28-32-36)24-22-20-18-16-14-12-10-8-6-4-2/h25-32H,3-24H2,1-2H3. The minimum atomic E-state index is -4.55. The first-order valence-electron chi connectivity index (χ1n) is 17.7. The molecule has 0 aromatic heterocycles. The van der Waals surface area contributed by atoms with Gasteiger partial charge in [0.1, 0.15) is 0 Å². The van der Waals surface area contributed by atoms with Crippen LogP contribution >= 0.6 is 0 Å². The van der Waals surface area contributed by atoms with Crippen LogP contribution in [0.1, 0.15) is 153 Å². The zero-order valence-electron chi connectivity index (χ0n) is 28.0. The topological polar surface area (TPSA) is 105 Å². The van der Waals surface area contributed by atoms with E-state index in [4.69, 9.17) is 0 Å². The Morgan fingerprint density at radius 2 is 0.733 bits per heavy atom. The van der Waals surface area contributed by atoms with Gasteiger partial charge in [0.15, 0.2) is 0 Å². The fraction of sp³-hybridized carbons (Fsp3) is 0.649. The molecule has 0 amide bonds. The van der Waals surface area contributed by atoms with Crippen molar-refractivity contribution < 1.29 is 21.6 Å². The van der Waals surface area contributed by atoms with Crippen LogP contribution < -0.4 is 0 Å². The van der Waals surface area contributed by atoms with Gasteiger partial charge in [0.05, 0.1) is 9.79 Å². The van der Waals surface area contributed by atoms with Gasteiger partial charge in [-0.05, 0) is 61.1 Å². The molecule has 8 heteroatoms. The predicted molar refractivity (Wildman–Crippen MR) is 187 cm³/mol. The van der Waals surface area contributed by atoms with Crippen molar-refractivity contribution in [1.29, 1.82) is 0 Å². The Bertz CT molecular complexity index is 1250. The Kier molecular flexibility index (Phi) is 19.3. The molecule has 0 radical (unpaired) electrons. The molecule has 0 spiro atoms. The third-order valence-corrected chi connectivity index (χ3v) is 12.8. The quantitative estimate of drug-likeness (QED) is 0.0368. The second kappa shape index (κ2) is 22.3. The smallest absolute Gasteiger partial charge is 0.359 e. The van der Waals surface area contributed by atoms with Gasteiger partial charge in [0.25, 0.3) is 19.7 Å². The van der Waals surface area contributed by atoms with E-state index in [1.54, 1.807) is 24.3 Å². The van der Waals surface area contributed by atoms with E-state index in [1.165, 1.54) is 127 Å².